The van der Waals surface area contributed by atoms with E-state index in [1.54, 1.807) is 48.5 Å². The summed E-state index contributed by atoms with van der Waals surface area (Å²) in [5.74, 6) is 0.0186. The standard InChI is InChI=1S/C17H16Cl2N2O3S/c18-12-4-6-15(7-5-12)21(16-8-9-25(23,24)11-16)17(22)20-14-3-1-2-13(19)10-14/h1-7,10,16H,8-9,11H2,(H,20,22)/t16-/m1/s1. The van der Waals surface area contributed by atoms with Crippen LogP contribution in [0.15, 0.2) is 48.5 Å². The first-order valence-electron chi connectivity index (χ1n) is 7.66. The summed E-state index contributed by atoms with van der Waals surface area (Å²) in [6.45, 7) is 0. The highest BCUT2D eigenvalue weighted by Gasteiger charge is 2.35. The molecule has 1 heterocycles. The number of nitrogens with zero attached hydrogens (tertiary/aromatic N) is 1. The molecule has 3 rings (SSSR count). The molecule has 0 bridgehead atoms. The summed E-state index contributed by atoms with van der Waals surface area (Å²) < 4.78 is 23.7. The van der Waals surface area contributed by atoms with Crippen LogP contribution in [0, 0.1) is 0 Å². The highest BCUT2D eigenvalue weighted by atomic mass is 35.5. The van der Waals surface area contributed by atoms with E-state index in [9.17, 15) is 13.2 Å². The van der Waals surface area contributed by atoms with Crippen LogP contribution in [0.4, 0.5) is 16.2 Å². The molecule has 0 unspecified atom stereocenters. The largest absolute Gasteiger partial charge is 0.326 e. The average molecular weight is 399 g/mol. The van der Waals surface area contributed by atoms with Crippen LogP contribution >= 0.6 is 23.2 Å². The van der Waals surface area contributed by atoms with Crippen molar-refractivity contribution in [2.45, 2.75) is 12.5 Å². The van der Waals surface area contributed by atoms with Gasteiger partial charge in [0.25, 0.3) is 0 Å². The van der Waals surface area contributed by atoms with E-state index < -0.39 is 21.9 Å². The summed E-state index contributed by atoms with van der Waals surface area (Å²) in [7, 11) is -3.14. The van der Waals surface area contributed by atoms with E-state index >= 15 is 0 Å². The third kappa shape index (κ3) is 4.45. The summed E-state index contributed by atoms with van der Waals surface area (Å²) in [5, 5.41) is 3.81. The normalized spacial score (nSPS) is 18.7. The van der Waals surface area contributed by atoms with Crippen LogP contribution in [0.5, 0.6) is 0 Å². The number of benzene rings is 2. The lowest BCUT2D eigenvalue weighted by Crippen LogP contribution is -2.44. The van der Waals surface area contributed by atoms with Gasteiger partial charge in [0, 0.05) is 21.4 Å². The van der Waals surface area contributed by atoms with Crippen molar-refractivity contribution in [2.75, 3.05) is 21.7 Å². The Bertz CT molecular complexity index is 885. The van der Waals surface area contributed by atoms with Gasteiger partial charge in [0.05, 0.1) is 17.5 Å². The zero-order valence-corrected chi connectivity index (χ0v) is 15.5. The van der Waals surface area contributed by atoms with E-state index in [4.69, 9.17) is 23.2 Å². The number of urea groups is 1. The molecule has 8 heteroatoms. The molecule has 132 valence electrons. The number of hydrogen-bond donors (Lipinski definition) is 1. The van der Waals surface area contributed by atoms with Gasteiger partial charge in [-0.15, -0.1) is 0 Å². The van der Waals surface area contributed by atoms with Crippen molar-refractivity contribution in [3.8, 4) is 0 Å². The van der Waals surface area contributed by atoms with E-state index in [0.29, 0.717) is 27.8 Å². The Labute approximate surface area is 156 Å². The number of sulfone groups is 1. The number of nitrogens with one attached hydrogen (secondary N) is 1. The number of halogens is 2. The fourth-order valence-electron chi connectivity index (χ4n) is 2.82. The van der Waals surface area contributed by atoms with Gasteiger partial charge in [0.15, 0.2) is 9.84 Å². The molecular weight excluding hydrogens is 383 g/mol. The van der Waals surface area contributed by atoms with Crippen LogP contribution in [-0.4, -0.2) is 32.0 Å². The molecule has 0 radical (unpaired) electrons. The molecule has 25 heavy (non-hydrogen) atoms. The van der Waals surface area contributed by atoms with Crippen LogP contribution in [0.2, 0.25) is 10.0 Å². The predicted octanol–water partition coefficient (Wildman–Crippen LogP) is 4.22. The lowest BCUT2D eigenvalue weighted by Gasteiger charge is -2.28. The molecule has 1 N–H and O–H groups in total. The Morgan fingerprint density at radius 3 is 2.40 bits per heavy atom. The molecule has 1 atom stereocenters. The van der Waals surface area contributed by atoms with Gasteiger partial charge < -0.3 is 5.32 Å². The van der Waals surface area contributed by atoms with Gasteiger partial charge in [-0.2, -0.15) is 0 Å². The molecule has 1 saturated heterocycles. The number of hydrogen-bond acceptors (Lipinski definition) is 3. The molecule has 1 fully saturated rings. The van der Waals surface area contributed by atoms with Crippen LogP contribution in [0.1, 0.15) is 6.42 Å². The van der Waals surface area contributed by atoms with Gasteiger partial charge in [0.1, 0.15) is 0 Å². The maximum Gasteiger partial charge on any atom is 0.326 e. The van der Waals surface area contributed by atoms with Gasteiger partial charge in [-0.05, 0) is 48.9 Å². The zero-order chi connectivity index (χ0) is 18.0. The van der Waals surface area contributed by atoms with Crippen molar-refractivity contribution in [1.82, 2.24) is 0 Å². The monoisotopic (exact) mass is 398 g/mol. The van der Waals surface area contributed by atoms with Crippen molar-refractivity contribution in [3.05, 3.63) is 58.6 Å². The van der Waals surface area contributed by atoms with E-state index in [1.165, 1.54) is 4.90 Å². The molecule has 1 aliphatic heterocycles. The third-order valence-corrected chi connectivity index (χ3v) is 6.21. The maximum atomic E-state index is 12.9. The molecule has 0 aliphatic carbocycles. The average Bonchev–Trinajstić information content (AvgIpc) is 2.89. The minimum Gasteiger partial charge on any atom is -0.307 e. The first-order chi connectivity index (χ1) is 11.8. The molecule has 1 aliphatic rings. The van der Waals surface area contributed by atoms with Crippen molar-refractivity contribution in [2.24, 2.45) is 0 Å². The zero-order valence-electron chi connectivity index (χ0n) is 13.2. The number of carbonyl (C=O) groups is 1. The van der Waals surface area contributed by atoms with Crippen LogP contribution in [0.25, 0.3) is 0 Å². The van der Waals surface area contributed by atoms with Crippen molar-refractivity contribution in [3.63, 3.8) is 0 Å². The minimum atomic E-state index is -3.14. The second-order valence-corrected chi connectivity index (χ2v) is 8.95. The molecule has 0 spiro atoms. The Morgan fingerprint density at radius 2 is 1.80 bits per heavy atom. The number of rotatable bonds is 3. The Hall–Kier alpha value is -1.76. The van der Waals surface area contributed by atoms with E-state index in [1.807, 2.05) is 0 Å². The van der Waals surface area contributed by atoms with Gasteiger partial charge in [-0.25, -0.2) is 13.2 Å². The molecule has 2 aromatic carbocycles. The van der Waals surface area contributed by atoms with E-state index in [-0.39, 0.29) is 11.5 Å². The van der Waals surface area contributed by atoms with Gasteiger partial charge >= 0.3 is 6.03 Å². The SMILES string of the molecule is O=C(Nc1cccc(Cl)c1)N(c1ccc(Cl)cc1)[C@@H]1CCS(=O)(=O)C1. The Balaban J connectivity index is 1.90. The maximum absolute atomic E-state index is 12.9. The third-order valence-electron chi connectivity index (χ3n) is 3.97. The van der Waals surface area contributed by atoms with Gasteiger partial charge in [-0.3, -0.25) is 4.90 Å². The Morgan fingerprint density at radius 1 is 1.08 bits per heavy atom. The van der Waals surface area contributed by atoms with Crippen LogP contribution < -0.4 is 10.2 Å². The highest BCUT2D eigenvalue weighted by Crippen LogP contribution is 2.27. The summed E-state index contributed by atoms with van der Waals surface area (Å²) in [6, 6.07) is 12.7. The second kappa shape index (κ2) is 7.23. The molecular formula is C17H16Cl2N2O3S. The van der Waals surface area contributed by atoms with Gasteiger partial charge in [-0.1, -0.05) is 29.3 Å². The summed E-state index contributed by atoms with van der Waals surface area (Å²) in [6.07, 6.45) is 0.397. The summed E-state index contributed by atoms with van der Waals surface area (Å²) in [5.41, 5.74) is 1.13. The van der Waals surface area contributed by atoms with Gasteiger partial charge in [0.2, 0.25) is 0 Å². The second-order valence-electron chi connectivity index (χ2n) is 5.84. The van der Waals surface area contributed by atoms with E-state index in [0.717, 1.165) is 0 Å². The van der Waals surface area contributed by atoms with E-state index in [2.05, 4.69) is 5.32 Å². The smallest absolute Gasteiger partial charge is 0.307 e. The quantitative estimate of drug-likeness (QED) is 0.841. The molecule has 2 aromatic rings. The molecule has 5 nitrogen and oxygen atoms in total. The Kier molecular flexibility index (Phi) is 5.22. The number of anilines is 2. The number of carbonyl (C=O) groups excluding carboxylic acids is 1. The first kappa shape index (κ1) is 18.0. The fraction of sp³-hybridized carbons (Fsp3) is 0.235. The molecule has 0 aromatic heterocycles. The predicted molar refractivity (Wildman–Crippen MR) is 101 cm³/mol. The van der Waals surface area contributed by atoms with Crippen LogP contribution in [-0.2, 0) is 9.84 Å². The van der Waals surface area contributed by atoms with Crippen molar-refractivity contribution < 1.29 is 13.2 Å². The lowest BCUT2D eigenvalue weighted by atomic mass is 10.2. The number of amides is 2. The minimum absolute atomic E-state index is 0.0570. The highest BCUT2D eigenvalue weighted by molar-refractivity contribution is 7.91. The van der Waals surface area contributed by atoms with Crippen molar-refractivity contribution >= 4 is 50.4 Å². The van der Waals surface area contributed by atoms with Crippen molar-refractivity contribution in [1.29, 1.82) is 0 Å². The molecule has 0 saturated carbocycles. The topological polar surface area (TPSA) is 66.5 Å². The summed E-state index contributed by atoms with van der Waals surface area (Å²) in [4.78, 5) is 14.3. The molecule has 2 amide bonds. The first-order valence-corrected chi connectivity index (χ1v) is 10.2. The summed E-state index contributed by atoms with van der Waals surface area (Å²) >= 11 is 11.9. The lowest BCUT2D eigenvalue weighted by molar-refractivity contribution is 0.255. The fourth-order valence-corrected chi connectivity index (χ4v) is 4.84. The van der Waals surface area contributed by atoms with Crippen LogP contribution in [0.3, 0.4) is 0 Å².